The molecule has 4 aromatic rings. The van der Waals surface area contributed by atoms with E-state index in [0.717, 1.165) is 22.5 Å². The number of nitrogens with one attached hydrogen (secondary N) is 1. The van der Waals surface area contributed by atoms with Crippen LogP contribution in [0.1, 0.15) is 0 Å². The molecule has 0 atom stereocenters. The molecule has 0 aliphatic carbocycles. The van der Waals surface area contributed by atoms with Crippen molar-refractivity contribution in [3.63, 3.8) is 0 Å². The van der Waals surface area contributed by atoms with Crippen LogP contribution in [0.25, 0.3) is 22.3 Å². The number of benzene rings is 2. The highest BCUT2D eigenvalue weighted by Crippen LogP contribution is 2.21. The Morgan fingerprint density at radius 2 is 1.21 bits per heavy atom. The van der Waals surface area contributed by atoms with Crippen LogP contribution in [0.3, 0.4) is 0 Å². The Labute approximate surface area is 138 Å². The summed E-state index contributed by atoms with van der Waals surface area (Å²) in [5.74, 6) is 0.433. The van der Waals surface area contributed by atoms with E-state index in [0.29, 0.717) is 17.0 Å². The summed E-state index contributed by atoms with van der Waals surface area (Å²) in [6, 6.07) is 15.6. The van der Waals surface area contributed by atoms with Gasteiger partial charge in [0, 0.05) is 11.4 Å². The van der Waals surface area contributed by atoms with Crippen LogP contribution in [0.15, 0.2) is 61.2 Å². The zero-order chi connectivity index (χ0) is 16.9. The highest BCUT2D eigenvalue weighted by atomic mass is 15.0. The summed E-state index contributed by atoms with van der Waals surface area (Å²) < 4.78 is 0. The topological polar surface area (TPSA) is 133 Å². The first-order valence-corrected chi connectivity index (χ1v) is 7.24. The number of rotatable bonds is 1. The Morgan fingerprint density at radius 1 is 0.667 bits per heavy atom. The molecule has 2 aromatic heterocycles. The molecule has 0 aliphatic rings. The van der Waals surface area contributed by atoms with Gasteiger partial charge in [-0.1, -0.05) is 24.3 Å². The first-order chi connectivity index (χ1) is 11.6. The number of hydrogen-bond acceptors (Lipinski definition) is 6. The maximum absolute atomic E-state index is 5.61. The number of nitrogens with zero attached hydrogens (tertiary/aromatic N) is 3. The van der Waals surface area contributed by atoms with Gasteiger partial charge in [0.2, 0.25) is 0 Å². The molecule has 0 saturated heterocycles. The molecule has 2 aromatic carbocycles. The minimum Gasteiger partial charge on any atom is -0.399 e. The number of anilines is 3. The lowest BCUT2D eigenvalue weighted by Gasteiger charge is -2.02. The molecular formula is C17H17N7. The van der Waals surface area contributed by atoms with E-state index in [2.05, 4.69) is 19.9 Å². The van der Waals surface area contributed by atoms with Crippen LogP contribution in [0.5, 0.6) is 0 Å². The SMILES string of the molecule is Nc1ccc(-c2ccc(N)cc2)cc1.Nc1ncnc2nc[nH]c12. The molecule has 7 heteroatoms. The van der Waals surface area contributed by atoms with Gasteiger partial charge in [-0.05, 0) is 35.4 Å². The third kappa shape index (κ3) is 3.41. The van der Waals surface area contributed by atoms with Gasteiger partial charge in [0.15, 0.2) is 11.5 Å². The van der Waals surface area contributed by atoms with Gasteiger partial charge >= 0.3 is 0 Å². The molecule has 0 unspecified atom stereocenters. The quantitative estimate of drug-likeness (QED) is 0.398. The molecule has 0 bridgehead atoms. The van der Waals surface area contributed by atoms with Crippen LogP contribution in [-0.4, -0.2) is 19.9 Å². The number of H-pyrrole nitrogens is 1. The molecule has 7 N–H and O–H groups in total. The molecule has 0 radical (unpaired) electrons. The second-order valence-corrected chi connectivity index (χ2v) is 5.10. The lowest BCUT2D eigenvalue weighted by Crippen LogP contribution is -1.91. The minimum atomic E-state index is 0.433. The van der Waals surface area contributed by atoms with Crippen LogP contribution >= 0.6 is 0 Å². The van der Waals surface area contributed by atoms with E-state index in [1.807, 2.05) is 48.5 Å². The van der Waals surface area contributed by atoms with Crippen molar-refractivity contribution in [2.45, 2.75) is 0 Å². The molecule has 120 valence electrons. The van der Waals surface area contributed by atoms with Crippen LogP contribution in [0, 0.1) is 0 Å². The number of fused-ring (bicyclic) bond motifs is 1. The highest BCUT2D eigenvalue weighted by Gasteiger charge is 1.99. The summed E-state index contributed by atoms with van der Waals surface area (Å²) in [6.45, 7) is 0. The molecule has 7 nitrogen and oxygen atoms in total. The van der Waals surface area contributed by atoms with Gasteiger partial charge < -0.3 is 22.2 Å². The third-order valence-corrected chi connectivity index (χ3v) is 3.41. The standard InChI is InChI=1S/C12H12N2.C5H5N5/c13-11-5-1-9(2-6-11)10-3-7-12(14)8-4-10;6-4-3-5(9-1-7-3)10-2-8-4/h1-8H,13-14H2;1-2H,(H3,6,7,8,9,10). The largest absolute Gasteiger partial charge is 0.399 e. The monoisotopic (exact) mass is 319 g/mol. The van der Waals surface area contributed by atoms with E-state index in [1.165, 1.54) is 12.7 Å². The molecule has 0 fully saturated rings. The fourth-order valence-electron chi connectivity index (χ4n) is 2.13. The second kappa shape index (κ2) is 6.66. The molecule has 24 heavy (non-hydrogen) atoms. The number of aromatic amines is 1. The maximum atomic E-state index is 5.61. The summed E-state index contributed by atoms with van der Waals surface area (Å²) in [6.07, 6.45) is 2.92. The van der Waals surface area contributed by atoms with E-state index in [9.17, 15) is 0 Å². The molecule has 4 rings (SSSR count). The first kappa shape index (κ1) is 15.3. The average molecular weight is 319 g/mol. The van der Waals surface area contributed by atoms with E-state index >= 15 is 0 Å². The molecular weight excluding hydrogens is 302 g/mol. The summed E-state index contributed by atoms with van der Waals surface area (Å²) in [5.41, 5.74) is 21.9. The Balaban J connectivity index is 0.000000149. The molecule has 2 heterocycles. The fourth-order valence-corrected chi connectivity index (χ4v) is 2.13. The predicted molar refractivity (Wildman–Crippen MR) is 96.8 cm³/mol. The zero-order valence-corrected chi connectivity index (χ0v) is 12.8. The summed E-state index contributed by atoms with van der Waals surface area (Å²) >= 11 is 0. The lowest BCUT2D eigenvalue weighted by molar-refractivity contribution is 1.21. The van der Waals surface area contributed by atoms with Crippen molar-refractivity contribution in [1.82, 2.24) is 19.9 Å². The van der Waals surface area contributed by atoms with Gasteiger partial charge in [-0.2, -0.15) is 0 Å². The molecule has 0 amide bonds. The number of aromatic nitrogens is 4. The minimum absolute atomic E-state index is 0.433. The van der Waals surface area contributed by atoms with E-state index in [4.69, 9.17) is 17.2 Å². The van der Waals surface area contributed by atoms with Crippen molar-refractivity contribution in [3.8, 4) is 11.1 Å². The van der Waals surface area contributed by atoms with Gasteiger partial charge in [0.1, 0.15) is 11.8 Å². The van der Waals surface area contributed by atoms with E-state index in [-0.39, 0.29) is 0 Å². The van der Waals surface area contributed by atoms with Crippen molar-refractivity contribution in [2.24, 2.45) is 0 Å². The second-order valence-electron chi connectivity index (χ2n) is 5.10. The number of nitrogens with two attached hydrogens (primary N) is 3. The van der Waals surface area contributed by atoms with Gasteiger partial charge in [0.25, 0.3) is 0 Å². The van der Waals surface area contributed by atoms with Crippen molar-refractivity contribution in [3.05, 3.63) is 61.2 Å². The number of imidazole rings is 1. The fraction of sp³-hybridized carbons (Fsp3) is 0. The van der Waals surface area contributed by atoms with Gasteiger partial charge in [-0.15, -0.1) is 0 Å². The van der Waals surface area contributed by atoms with Gasteiger partial charge in [0.05, 0.1) is 6.33 Å². The van der Waals surface area contributed by atoms with E-state index < -0.39 is 0 Å². The average Bonchev–Trinajstić information content (AvgIpc) is 3.07. The zero-order valence-electron chi connectivity index (χ0n) is 12.8. The van der Waals surface area contributed by atoms with E-state index in [1.54, 1.807) is 0 Å². The smallest absolute Gasteiger partial charge is 0.182 e. The Bertz CT molecular complexity index is 884. The first-order valence-electron chi connectivity index (χ1n) is 7.24. The van der Waals surface area contributed by atoms with Crippen LogP contribution in [0.2, 0.25) is 0 Å². The Hall–Kier alpha value is -3.61. The van der Waals surface area contributed by atoms with Crippen LogP contribution in [-0.2, 0) is 0 Å². The third-order valence-electron chi connectivity index (χ3n) is 3.41. The lowest BCUT2D eigenvalue weighted by atomic mass is 10.1. The van der Waals surface area contributed by atoms with Gasteiger partial charge in [-0.25, -0.2) is 15.0 Å². The van der Waals surface area contributed by atoms with Crippen molar-refractivity contribution >= 4 is 28.4 Å². The summed E-state index contributed by atoms with van der Waals surface area (Å²) in [5, 5.41) is 0. The van der Waals surface area contributed by atoms with Crippen molar-refractivity contribution < 1.29 is 0 Å². The molecule has 0 spiro atoms. The summed E-state index contributed by atoms with van der Waals surface area (Å²) in [7, 11) is 0. The Morgan fingerprint density at radius 3 is 1.71 bits per heavy atom. The molecule has 0 saturated carbocycles. The van der Waals surface area contributed by atoms with Gasteiger partial charge in [-0.3, -0.25) is 0 Å². The van der Waals surface area contributed by atoms with Crippen LogP contribution < -0.4 is 17.2 Å². The summed E-state index contributed by atoms with van der Waals surface area (Å²) in [4.78, 5) is 14.4. The number of hydrogen-bond donors (Lipinski definition) is 4. The predicted octanol–water partition coefficient (Wildman–Crippen LogP) is 2.45. The normalized spacial score (nSPS) is 10.2. The molecule has 0 aliphatic heterocycles. The highest BCUT2D eigenvalue weighted by molar-refractivity contribution is 5.80. The van der Waals surface area contributed by atoms with Crippen LogP contribution in [0.4, 0.5) is 17.2 Å². The number of nitrogen functional groups attached to an aromatic ring is 3. The maximum Gasteiger partial charge on any atom is 0.182 e. The van der Waals surface area contributed by atoms with Crippen molar-refractivity contribution in [2.75, 3.05) is 17.2 Å². The van der Waals surface area contributed by atoms with Crippen molar-refractivity contribution in [1.29, 1.82) is 0 Å². The Kier molecular flexibility index (Phi) is 4.24.